The molecule has 0 aliphatic carbocycles. The van der Waals surface area contributed by atoms with Crippen molar-refractivity contribution < 1.29 is 14.0 Å². The highest BCUT2D eigenvalue weighted by atomic mass is 19.1. The Kier molecular flexibility index (Phi) is 5.00. The minimum Gasteiger partial charge on any atom is -0.349 e. The Balaban J connectivity index is 1.55. The van der Waals surface area contributed by atoms with Crippen LogP contribution in [0.3, 0.4) is 0 Å². The van der Waals surface area contributed by atoms with Gasteiger partial charge in [0.05, 0.1) is 23.5 Å². The molecule has 146 valence electrons. The van der Waals surface area contributed by atoms with Gasteiger partial charge in [-0.1, -0.05) is 18.2 Å². The number of fused-ring (bicyclic) bond motifs is 1. The predicted octanol–water partition coefficient (Wildman–Crippen LogP) is 1.92. The number of hydrogen-bond donors (Lipinski definition) is 1. The van der Waals surface area contributed by atoms with E-state index in [9.17, 15) is 14.0 Å². The third kappa shape index (κ3) is 3.57. The van der Waals surface area contributed by atoms with Crippen molar-refractivity contribution in [1.82, 2.24) is 15.1 Å². The van der Waals surface area contributed by atoms with E-state index < -0.39 is 5.82 Å². The normalized spacial score (nSPS) is 17.3. The van der Waals surface area contributed by atoms with Gasteiger partial charge in [-0.15, -0.1) is 0 Å². The lowest BCUT2D eigenvalue weighted by Gasteiger charge is -2.33. The van der Waals surface area contributed by atoms with E-state index in [1.54, 1.807) is 23.1 Å². The summed E-state index contributed by atoms with van der Waals surface area (Å²) in [5.74, 6) is -0.864. The molecule has 2 aromatic rings. The summed E-state index contributed by atoms with van der Waals surface area (Å²) in [7, 11) is 2.01. The van der Waals surface area contributed by atoms with Crippen molar-refractivity contribution in [3.05, 3.63) is 65.0 Å². The predicted molar refractivity (Wildman–Crippen MR) is 105 cm³/mol. The zero-order valence-electron chi connectivity index (χ0n) is 15.8. The molecule has 2 aliphatic heterocycles. The molecule has 0 atom stereocenters. The second kappa shape index (κ2) is 7.59. The summed E-state index contributed by atoms with van der Waals surface area (Å²) in [4.78, 5) is 30.7. The number of amides is 2. The standard InChI is InChI=1S/C21H23FN4O2/c1-24-8-10-25(11-9-24)21(28)17-12-15(6-7-18(17)22)13-26-14-23-20(27)16-4-2-3-5-19(16)26/h2-7,12H,8-11,13-14H2,1H3,(H,23,27). The first-order valence-corrected chi connectivity index (χ1v) is 9.41. The van der Waals surface area contributed by atoms with Gasteiger partial charge in [-0.3, -0.25) is 9.59 Å². The van der Waals surface area contributed by atoms with Gasteiger partial charge in [-0.05, 0) is 36.9 Å². The van der Waals surface area contributed by atoms with Crippen molar-refractivity contribution in [3.63, 3.8) is 0 Å². The van der Waals surface area contributed by atoms with Gasteiger partial charge < -0.3 is 20.0 Å². The highest BCUT2D eigenvalue weighted by Crippen LogP contribution is 2.25. The fraction of sp³-hybridized carbons (Fsp3) is 0.333. The Bertz CT molecular complexity index is 909. The zero-order chi connectivity index (χ0) is 19.7. The van der Waals surface area contributed by atoms with Crippen LogP contribution in [0.15, 0.2) is 42.5 Å². The monoisotopic (exact) mass is 382 g/mol. The third-order valence-corrected chi connectivity index (χ3v) is 5.34. The van der Waals surface area contributed by atoms with Crippen LogP contribution in [-0.4, -0.2) is 61.5 Å². The molecule has 2 aromatic carbocycles. The number of nitrogens with zero attached hydrogens (tertiary/aromatic N) is 3. The van der Waals surface area contributed by atoms with Gasteiger partial charge in [0.1, 0.15) is 5.82 Å². The fourth-order valence-electron chi connectivity index (χ4n) is 3.67. The largest absolute Gasteiger partial charge is 0.349 e. The first-order chi connectivity index (χ1) is 13.5. The van der Waals surface area contributed by atoms with Gasteiger partial charge in [0.2, 0.25) is 0 Å². The minimum absolute atomic E-state index is 0.100. The number of benzene rings is 2. The molecule has 2 amide bonds. The summed E-state index contributed by atoms with van der Waals surface area (Å²) < 4.78 is 14.4. The Labute approximate surface area is 163 Å². The average Bonchev–Trinajstić information content (AvgIpc) is 2.72. The Morgan fingerprint density at radius 2 is 1.86 bits per heavy atom. The van der Waals surface area contributed by atoms with Gasteiger partial charge in [0.15, 0.2) is 0 Å². The summed E-state index contributed by atoms with van der Waals surface area (Å²) in [6.07, 6.45) is 0. The smallest absolute Gasteiger partial charge is 0.256 e. The SMILES string of the molecule is CN1CCN(C(=O)c2cc(CN3CNC(=O)c4ccccc43)ccc2F)CC1. The first-order valence-electron chi connectivity index (χ1n) is 9.41. The lowest BCUT2D eigenvalue weighted by atomic mass is 10.1. The van der Waals surface area contributed by atoms with E-state index >= 15 is 0 Å². The molecular weight excluding hydrogens is 359 g/mol. The molecule has 6 nitrogen and oxygen atoms in total. The van der Waals surface area contributed by atoms with Crippen LogP contribution < -0.4 is 10.2 Å². The van der Waals surface area contributed by atoms with Crippen molar-refractivity contribution in [2.24, 2.45) is 0 Å². The Morgan fingerprint density at radius 3 is 2.64 bits per heavy atom. The van der Waals surface area contributed by atoms with Crippen LogP contribution in [0.1, 0.15) is 26.3 Å². The molecule has 0 aromatic heterocycles. The van der Waals surface area contributed by atoms with Crippen LogP contribution in [0, 0.1) is 5.82 Å². The van der Waals surface area contributed by atoms with Gasteiger partial charge in [0.25, 0.3) is 11.8 Å². The molecule has 1 saturated heterocycles. The van der Waals surface area contributed by atoms with E-state index in [1.807, 2.05) is 30.1 Å². The third-order valence-electron chi connectivity index (χ3n) is 5.34. The quantitative estimate of drug-likeness (QED) is 0.881. The lowest BCUT2D eigenvalue weighted by Crippen LogP contribution is -2.47. The maximum atomic E-state index is 14.4. The van der Waals surface area contributed by atoms with Crippen LogP contribution in [0.5, 0.6) is 0 Å². The molecule has 1 fully saturated rings. The summed E-state index contributed by atoms with van der Waals surface area (Å²) in [5, 5.41) is 2.85. The maximum absolute atomic E-state index is 14.4. The number of halogens is 1. The van der Waals surface area contributed by atoms with Gasteiger partial charge >= 0.3 is 0 Å². The van der Waals surface area contributed by atoms with Crippen molar-refractivity contribution in [2.45, 2.75) is 6.54 Å². The van der Waals surface area contributed by atoms with Crippen LogP contribution >= 0.6 is 0 Å². The average molecular weight is 382 g/mol. The minimum atomic E-state index is -0.500. The molecule has 28 heavy (non-hydrogen) atoms. The van der Waals surface area contributed by atoms with E-state index in [-0.39, 0.29) is 17.4 Å². The molecule has 1 N–H and O–H groups in total. The topological polar surface area (TPSA) is 55.9 Å². The van der Waals surface area contributed by atoms with Gasteiger partial charge in [0, 0.05) is 32.7 Å². The van der Waals surface area contributed by atoms with E-state index in [1.165, 1.54) is 6.07 Å². The maximum Gasteiger partial charge on any atom is 0.256 e. The number of para-hydroxylation sites is 1. The highest BCUT2D eigenvalue weighted by Gasteiger charge is 2.25. The number of likely N-dealkylation sites (N-methyl/N-ethyl adjacent to an activating group) is 1. The highest BCUT2D eigenvalue weighted by molar-refractivity contribution is 6.01. The number of anilines is 1. The van der Waals surface area contributed by atoms with Crippen molar-refractivity contribution >= 4 is 17.5 Å². The van der Waals surface area contributed by atoms with Crippen LogP contribution in [-0.2, 0) is 6.54 Å². The van der Waals surface area contributed by atoms with Crippen molar-refractivity contribution in [1.29, 1.82) is 0 Å². The molecule has 0 unspecified atom stereocenters. The summed E-state index contributed by atoms with van der Waals surface area (Å²) >= 11 is 0. The van der Waals surface area contributed by atoms with Crippen molar-refractivity contribution in [3.8, 4) is 0 Å². The Morgan fingerprint density at radius 1 is 1.11 bits per heavy atom. The van der Waals surface area contributed by atoms with Gasteiger partial charge in [-0.25, -0.2) is 4.39 Å². The zero-order valence-corrected chi connectivity index (χ0v) is 15.8. The lowest BCUT2D eigenvalue weighted by molar-refractivity contribution is 0.0659. The number of piperazine rings is 1. The molecule has 4 rings (SSSR count). The van der Waals surface area contributed by atoms with E-state index in [4.69, 9.17) is 0 Å². The van der Waals surface area contributed by atoms with E-state index in [0.717, 1.165) is 24.3 Å². The molecular formula is C21H23FN4O2. The molecule has 2 aliphatic rings. The van der Waals surface area contributed by atoms with E-state index in [0.29, 0.717) is 31.9 Å². The molecule has 0 saturated carbocycles. The number of hydrogen-bond acceptors (Lipinski definition) is 4. The number of carbonyl (C=O) groups excluding carboxylic acids is 2. The molecule has 0 bridgehead atoms. The Hall–Kier alpha value is -2.93. The molecule has 7 heteroatoms. The second-order valence-corrected chi connectivity index (χ2v) is 7.29. The molecule has 0 radical (unpaired) electrons. The van der Waals surface area contributed by atoms with Gasteiger partial charge in [-0.2, -0.15) is 0 Å². The summed E-state index contributed by atoms with van der Waals surface area (Å²) in [5.41, 5.74) is 2.38. The molecule has 2 heterocycles. The second-order valence-electron chi connectivity index (χ2n) is 7.29. The summed E-state index contributed by atoms with van der Waals surface area (Å²) in [6.45, 7) is 3.62. The van der Waals surface area contributed by atoms with Crippen molar-refractivity contribution in [2.75, 3.05) is 44.8 Å². The van der Waals surface area contributed by atoms with Crippen LogP contribution in [0.25, 0.3) is 0 Å². The molecule has 0 spiro atoms. The van der Waals surface area contributed by atoms with E-state index in [2.05, 4.69) is 10.2 Å². The number of rotatable bonds is 3. The number of carbonyl (C=O) groups is 2. The number of nitrogens with one attached hydrogen (secondary N) is 1. The van der Waals surface area contributed by atoms with Crippen LogP contribution in [0.2, 0.25) is 0 Å². The summed E-state index contributed by atoms with van der Waals surface area (Å²) in [6, 6.07) is 12.1. The fourth-order valence-corrected chi connectivity index (χ4v) is 3.67. The van der Waals surface area contributed by atoms with Crippen LogP contribution in [0.4, 0.5) is 10.1 Å². The first kappa shape index (κ1) is 18.4.